The molecule has 6 nitrogen and oxygen atoms in total. The van der Waals surface area contributed by atoms with Gasteiger partial charge in [-0.2, -0.15) is 5.26 Å². The number of nitrogen functional groups attached to an aromatic ring is 1. The molecule has 0 amide bonds. The van der Waals surface area contributed by atoms with Gasteiger partial charge < -0.3 is 11.1 Å². The molecule has 0 saturated carbocycles. The van der Waals surface area contributed by atoms with Gasteiger partial charge in [-0.05, 0) is 25.0 Å². The molecule has 2 rings (SSSR count). The van der Waals surface area contributed by atoms with Crippen molar-refractivity contribution in [2.45, 2.75) is 39.5 Å². The zero-order valence-corrected chi connectivity index (χ0v) is 14.8. The highest BCUT2D eigenvalue weighted by molar-refractivity contribution is 6.55. The molecule has 1 unspecified atom stereocenters. The number of nitrogens with zero attached hydrogens (tertiary/aromatic N) is 2. The van der Waals surface area contributed by atoms with Gasteiger partial charge in [0.25, 0.3) is 0 Å². The zero-order chi connectivity index (χ0) is 18.4. The fourth-order valence-corrected chi connectivity index (χ4v) is 2.83. The van der Waals surface area contributed by atoms with Crippen molar-refractivity contribution in [3.63, 3.8) is 0 Å². The Bertz CT molecular complexity index is 747. The Balaban J connectivity index is 2.51. The third-order valence-electron chi connectivity index (χ3n) is 4.25. The molecule has 0 fully saturated rings. The minimum atomic E-state index is -1.16. The topological polar surface area (TPSA) is 108 Å². The molecule has 132 valence electrons. The van der Waals surface area contributed by atoms with Crippen molar-refractivity contribution < 1.29 is 9.59 Å². The van der Waals surface area contributed by atoms with E-state index in [0.717, 1.165) is 25.7 Å². The van der Waals surface area contributed by atoms with Crippen LogP contribution in [0.15, 0.2) is 17.1 Å². The molecule has 1 aromatic carbocycles. The first-order valence-corrected chi connectivity index (χ1v) is 8.75. The molecule has 0 saturated heterocycles. The van der Waals surface area contributed by atoms with E-state index in [1.165, 1.54) is 0 Å². The summed E-state index contributed by atoms with van der Waals surface area (Å²) >= 11 is 0. The van der Waals surface area contributed by atoms with Crippen LogP contribution in [-0.2, 0) is 0 Å². The number of rotatable bonds is 7. The van der Waals surface area contributed by atoms with Gasteiger partial charge in [-0.15, -0.1) is 0 Å². The van der Waals surface area contributed by atoms with Gasteiger partial charge in [0.15, 0.2) is 11.7 Å². The Labute approximate surface area is 148 Å². The largest absolute Gasteiger partial charge is 0.398 e. The summed E-state index contributed by atoms with van der Waals surface area (Å²) in [5.74, 6) is -1.97. The third kappa shape index (κ3) is 3.71. The van der Waals surface area contributed by atoms with Crippen LogP contribution in [0, 0.1) is 17.2 Å². The number of aliphatic imine (C=N–C) groups is 1. The highest BCUT2D eigenvalue weighted by Crippen LogP contribution is 2.33. The van der Waals surface area contributed by atoms with Crippen LogP contribution < -0.4 is 11.1 Å². The number of fused-ring (bicyclic) bond motifs is 1. The first kappa shape index (κ1) is 18.7. The first-order valence-electron chi connectivity index (χ1n) is 8.75. The molecular formula is C19H24N4O2. The van der Waals surface area contributed by atoms with Crippen LogP contribution in [0.3, 0.4) is 0 Å². The quantitative estimate of drug-likeness (QED) is 0.585. The summed E-state index contributed by atoms with van der Waals surface area (Å²) in [6.45, 7) is 5.19. The van der Waals surface area contributed by atoms with Crippen LogP contribution in [0.4, 0.5) is 11.4 Å². The molecule has 0 radical (unpaired) electrons. The zero-order valence-electron chi connectivity index (χ0n) is 14.8. The molecule has 1 aliphatic carbocycles. The van der Waals surface area contributed by atoms with Crippen molar-refractivity contribution in [2.75, 3.05) is 24.1 Å². The lowest BCUT2D eigenvalue weighted by Gasteiger charge is -2.24. The normalized spacial score (nSPS) is 18.1. The Morgan fingerprint density at radius 2 is 1.92 bits per heavy atom. The number of hydrogen-bond donors (Lipinski definition) is 2. The molecule has 0 aromatic heterocycles. The van der Waals surface area contributed by atoms with Crippen LogP contribution in [-0.4, -0.2) is 30.4 Å². The summed E-state index contributed by atoms with van der Waals surface area (Å²) in [7, 11) is 0. The number of unbranched alkanes of at least 4 members (excludes halogenated alkanes) is 2. The van der Waals surface area contributed by atoms with Crippen molar-refractivity contribution >= 4 is 28.7 Å². The summed E-state index contributed by atoms with van der Waals surface area (Å²) in [4.78, 5) is 30.0. The number of nitrogens with two attached hydrogens (primary N) is 1. The van der Waals surface area contributed by atoms with Gasteiger partial charge in [0.2, 0.25) is 5.78 Å². The molecule has 1 atom stereocenters. The number of ketones is 2. The van der Waals surface area contributed by atoms with Crippen molar-refractivity contribution in [1.82, 2.24) is 0 Å². The number of anilines is 2. The maximum absolute atomic E-state index is 12.9. The molecule has 0 aliphatic heterocycles. The van der Waals surface area contributed by atoms with Crippen LogP contribution >= 0.6 is 0 Å². The van der Waals surface area contributed by atoms with Crippen molar-refractivity contribution in [2.24, 2.45) is 10.9 Å². The maximum atomic E-state index is 12.9. The molecule has 1 aliphatic rings. The van der Waals surface area contributed by atoms with E-state index in [0.29, 0.717) is 18.8 Å². The molecule has 25 heavy (non-hydrogen) atoms. The van der Waals surface area contributed by atoms with Gasteiger partial charge in [-0.3, -0.25) is 14.6 Å². The van der Waals surface area contributed by atoms with E-state index in [-0.39, 0.29) is 22.5 Å². The predicted octanol–water partition coefficient (Wildman–Crippen LogP) is 3.24. The van der Waals surface area contributed by atoms with E-state index in [1.54, 1.807) is 12.1 Å². The van der Waals surface area contributed by atoms with Crippen molar-refractivity contribution in [3.8, 4) is 6.07 Å². The second-order valence-corrected chi connectivity index (χ2v) is 6.11. The van der Waals surface area contributed by atoms with Gasteiger partial charge >= 0.3 is 0 Å². The van der Waals surface area contributed by atoms with Crippen molar-refractivity contribution in [1.29, 1.82) is 5.26 Å². The van der Waals surface area contributed by atoms with Gasteiger partial charge in [0.1, 0.15) is 5.71 Å². The Hall–Kier alpha value is -2.68. The third-order valence-corrected chi connectivity index (χ3v) is 4.25. The standard InChI is InChI=1S/C19H24N4O2/c1-3-5-9-22-14-8-7-13(21)15-16(14)18(24)12(11-20)17(19(15)25)23-10-6-4-2/h7-8,12,22H,3-6,9-10,21H2,1-2H3. The Kier molecular flexibility index (Phi) is 6.29. The second kappa shape index (κ2) is 8.43. The van der Waals surface area contributed by atoms with Crippen molar-refractivity contribution in [3.05, 3.63) is 23.3 Å². The number of Topliss-reactive ketones (excluding diaryl/α,β-unsaturated/α-hetero) is 2. The number of nitriles is 1. The molecule has 1 aromatic rings. The second-order valence-electron chi connectivity index (χ2n) is 6.11. The van der Waals surface area contributed by atoms with E-state index in [9.17, 15) is 14.9 Å². The molecule has 3 N–H and O–H groups in total. The van der Waals surface area contributed by atoms with Gasteiger partial charge in [0.05, 0.1) is 17.2 Å². The summed E-state index contributed by atoms with van der Waals surface area (Å²) in [6, 6.07) is 5.26. The Morgan fingerprint density at radius 3 is 2.56 bits per heavy atom. The monoisotopic (exact) mass is 340 g/mol. The van der Waals surface area contributed by atoms with Gasteiger partial charge in [-0.1, -0.05) is 26.7 Å². The average Bonchev–Trinajstić information content (AvgIpc) is 2.60. The summed E-state index contributed by atoms with van der Waals surface area (Å²) in [5.41, 5.74) is 7.20. The van der Waals surface area contributed by atoms with Gasteiger partial charge in [0, 0.05) is 24.5 Å². The maximum Gasteiger partial charge on any atom is 0.211 e. The Morgan fingerprint density at radius 1 is 1.20 bits per heavy atom. The number of hydrogen-bond acceptors (Lipinski definition) is 6. The SMILES string of the molecule is CCCCN=C1C(=O)c2c(N)ccc(NCCCC)c2C(=O)C1C#N. The lowest BCUT2D eigenvalue weighted by Crippen LogP contribution is -2.38. The highest BCUT2D eigenvalue weighted by Gasteiger charge is 2.41. The predicted molar refractivity (Wildman–Crippen MR) is 99.2 cm³/mol. The van der Waals surface area contributed by atoms with Crippen LogP contribution in [0.1, 0.15) is 60.2 Å². The number of carbonyl (C=O) groups excluding carboxylic acids is 2. The number of nitrogens with one attached hydrogen (secondary N) is 1. The first-order chi connectivity index (χ1) is 12.1. The van der Waals surface area contributed by atoms with Crippen LogP contribution in [0.5, 0.6) is 0 Å². The molecule has 0 spiro atoms. The summed E-state index contributed by atoms with van der Waals surface area (Å²) < 4.78 is 0. The van der Waals surface area contributed by atoms with Crippen LogP contribution in [0.25, 0.3) is 0 Å². The number of benzene rings is 1. The van der Waals surface area contributed by atoms with E-state index in [4.69, 9.17) is 5.73 Å². The van der Waals surface area contributed by atoms with E-state index < -0.39 is 17.5 Å². The fourth-order valence-electron chi connectivity index (χ4n) is 2.83. The lowest BCUT2D eigenvalue weighted by molar-refractivity contribution is 0.0941. The lowest BCUT2D eigenvalue weighted by atomic mass is 9.79. The molecule has 6 heteroatoms. The minimum Gasteiger partial charge on any atom is -0.398 e. The van der Waals surface area contributed by atoms with E-state index in [1.807, 2.05) is 13.0 Å². The van der Waals surface area contributed by atoms with Crippen LogP contribution in [0.2, 0.25) is 0 Å². The smallest absolute Gasteiger partial charge is 0.211 e. The minimum absolute atomic E-state index is 0.0193. The number of carbonyl (C=O) groups is 2. The average molecular weight is 340 g/mol. The molecule has 0 heterocycles. The summed E-state index contributed by atoms with van der Waals surface area (Å²) in [6.07, 6.45) is 3.66. The van der Waals surface area contributed by atoms with E-state index in [2.05, 4.69) is 17.2 Å². The van der Waals surface area contributed by atoms with E-state index >= 15 is 0 Å². The molecule has 0 bridgehead atoms. The fraction of sp³-hybridized carbons (Fsp3) is 0.474. The highest BCUT2D eigenvalue weighted by atomic mass is 16.1. The summed E-state index contributed by atoms with van der Waals surface area (Å²) in [5, 5.41) is 12.6. The molecular weight excluding hydrogens is 316 g/mol. The van der Waals surface area contributed by atoms with Gasteiger partial charge in [-0.25, -0.2) is 0 Å².